The van der Waals surface area contributed by atoms with Gasteiger partial charge in [-0.3, -0.25) is 0 Å². The van der Waals surface area contributed by atoms with Crippen LogP contribution in [0.4, 0.5) is 0 Å². The normalized spacial score (nSPS) is 13.8. The van der Waals surface area contributed by atoms with E-state index >= 15 is 0 Å². The second kappa shape index (κ2) is 8.07. The summed E-state index contributed by atoms with van der Waals surface area (Å²) in [7, 11) is -1.76. The summed E-state index contributed by atoms with van der Waals surface area (Å²) in [6.07, 6.45) is 4.45. The molecule has 1 heterocycles. The number of hydrogen-bond acceptors (Lipinski definition) is 4. The molecule has 0 amide bonds. The zero-order chi connectivity index (χ0) is 15.2. The second-order valence-electron chi connectivity index (χ2n) is 4.79. The number of aromatic amines is 1. The molecule has 116 valence electrons. The summed E-state index contributed by atoms with van der Waals surface area (Å²) >= 11 is 1.73. The molecular formula is C13H25N3O2S2. The first kappa shape index (κ1) is 17.6. The summed E-state index contributed by atoms with van der Waals surface area (Å²) in [6, 6.07) is 1.70. The van der Waals surface area contributed by atoms with Crippen LogP contribution in [0, 0.1) is 0 Å². The fourth-order valence-electron chi connectivity index (χ4n) is 1.80. The van der Waals surface area contributed by atoms with E-state index in [0.29, 0.717) is 11.4 Å². The van der Waals surface area contributed by atoms with Crippen LogP contribution in [0.1, 0.15) is 26.0 Å². The Kier molecular flexibility index (Phi) is 7.08. The molecule has 0 aliphatic carbocycles. The Morgan fingerprint density at radius 3 is 2.80 bits per heavy atom. The van der Waals surface area contributed by atoms with Gasteiger partial charge in [0.05, 0.1) is 4.90 Å². The van der Waals surface area contributed by atoms with Gasteiger partial charge in [-0.1, -0.05) is 6.92 Å². The van der Waals surface area contributed by atoms with E-state index in [1.807, 2.05) is 20.1 Å². The van der Waals surface area contributed by atoms with Gasteiger partial charge in [0.25, 0.3) is 0 Å². The van der Waals surface area contributed by atoms with Crippen molar-refractivity contribution in [3.63, 3.8) is 0 Å². The maximum Gasteiger partial charge on any atom is 0.244 e. The van der Waals surface area contributed by atoms with Crippen LogP contribution in [-0.4, -0.2) is 49.3 Å². The number of aromatic nitrogens is 1. The highest BCUT2D eigenvalue weighted by molar-refractivity contribution is 7.98. The first-order chi connectivity index (χ1) is 9.43. The number of rotatable bonds is 9. The number of nitrogens with zero attached hydrogens (tertiary/aromatic N) is 1. The molecule has 1 unspecified atom stereocenters. The smallest absolute Gasteiger partial charge is 0.244 e. The molecule has 7 heteroatoms. The van der Waals surface area contributed by atoms with Gasteiger partial charge in [0.2, 0.25) is 10.0 Å². The van der Waals surface area contributed by atoms with Gasteiger partial charge in [0.1, 0.15) is 0 Å². The Morgan fingerprint density at radius 1 is 1.50 bits per heavy atom. The Morgan fingerprint density at radius 2 is 2.20 bits per heavy atom. The summed E-state index contributed by atoms with van der Waals surface area (Å²) in [5.74, 6) is 0.958. The maximum atomic E-state index is 12.5. The molecule has 0 saturated heterocycles. The van der Waals surface area contributed by atoms with Crippen molar-refractivity contribution in [3.05, 3.63) is 18.0 Å². The molecule has 0 aliphatic heterocycles. The Balaban J connectivity index is 2.79. The van der Waals surface area contributed by atoms with Crippen molar-refractivity contribution in [2.45, 2.75) is 37.8 Å². The molecule has 0 bridgehead atoms. The standard InChI is InChI=1S/C13H25N3O2S2/c1-5-14-9-12-8-13(10-15-12)20(17,18)16(3)11(2)6-7-19-4/h8,10-11,14-15H,5-7,9H2,1-4H3. The maximum absolute atomic E-state index is 12.5. The number of thioether (sulfide) groups is 1. The largest absolute Gasteiger partial charge is 0.363 e. The van der Waals surface area contributed by atoms with Crippen molar-refractivity contribution in [1.82, 2.24) is 14.6 Å². The molecule has 5 nitrogen and oxygen atoms in total. The summed E-state index contributed by atoms with van der Waals surface area (Å²) in [4.78, 5) is 3.35. The van der Waals surface area contributed by atoms with E-state index in [-0.39, 0.29) is 6.04 Å². The van der Waals surface area contributed by atoms with Crippen LogP contribution in [0.5, 0.6) is 0 Å². The van der Waals surface area contributed by atoms with E-state index in [4.69, 9.17) is 0 Å². The average Bonchev–Trinajstić information content (AvgIpc) is 2.91. The highest BCUT2D eigenvalue weighted by atomic mass is 32.2. The molecule has 2 N–H and O–H groups in total. The first-order valence-electron chi connectivity index (χ1n) is 6.78. The molecule has 0 aromatic carbocycles. The number of nitrogens with one attached hydrogen (secondary N) is 2. The fourth-order valence-corrected chi connectivity index (χ4v) is 3.79. The fraction of sp³-hybridized carbons (Fsp3) is 0.692. The molecule has 1 atom stereocenters. The minimum atomic E-state index is -3.41. The van der Waals surface area contributed by atoms with Crippen LogP contribution in [0.3, 0.4) is 0 Å². The molecule has 0 aliphatic rings. The van der Waals surface area contributed by atoms with E-state index in [0.717, 1.165) is 24.4 Å². The lowest BCUT2D eigenvalue weighted by Gasteiger charge is -2.23. The predicted octanol–water partition coefficient (Wildman–Crippen LogP) is 1.89. The second-order valence-corrected chi connectivity index (χ2v) is 7.78. The molecule has 0 radical (unpaired) electrons. The minimum absolute atomic E-state index is 0.000401. The molecule has 1 aromatic rings. The Bertz CT molecular complexity index is 499. The lowest BCUT2D eigenvalue weighted by atomic mass is 10.3. The Hall–Kier alpha value is -0.500. The van der Waals surface area contributed by atoms with Gasteiger partial charge in [-0.25, -0.2) is 8.42 Å². The molecule has 20 heavy (non-hydrogen) atoms. The molecule has 0 saturated carbocycles. The third-order valence-electron chi connectivity index (χ3n) is 3.32. The van der Waals surface area contributed by atoms with Crippen molar-refractivity contribution in [2.75, 3.05) is 25.6 Å². The van der Waals surface area contributed by atoms with Crippen LogP contribution in [-0.2, 0) is 16.6 Å². The van der Waals surface area contributed by atoms with Crippen LogP contribution in [0.25, 0.3) is 0 Å². The summed E-state index contributed by atoms with van der Waals surface area (Å²) < 4.78 is 26.5. The van der Waals surface area contributed by atoms with Gasteiger partial charge in [-0.2, -0.15) is 16.1 Å². The lowest BCUT2D eigenvalue weighted by Crippen LogP contribution is -2.35. The molecule has 0 spiro atoms. The van der Waals surface area contributed by atoms with E-state index in [2.05, 4.69) is 10.3 Å². The van der Waals surface area contributed by atoms with Crippen molar-refractivity contribution in [1.29, 1.82) is 0 Å². The SMILES string of the molecule is CCNCc1cc(S(=O)(=O)N(C)C(C)CCSC)c[nH]1. The topological polar surface area (TPSA) is 65.2 Å². The van der Waals surface area contributed by atoms with Gasteiger partial charge in [-0.05, 0) is 38.0 Å². The van der Waals surface area contributed by atoms with Crippen LogP contribution < -0.4 is 5.32 Å². The number of sulfonamides is 1. The van der Waals surface area contributed by atoms with Crippen LogP contribution >= 0.6 is 11.8 Å². The van der Waals surface area contributed by atoms with Gasteiger partial charge in [-0.15, -0.1) is 0 Å². The van der Waals surface area contributed by atoms with E-state index in [1.165, 1.54) is 4.31 Å². The predicted molar refractivity (Wildman–Crippen MR) is 85.6 cm³/mol. The summed E-state index contributed by atoms with van der Waals surface area (Å²) in [6.45, 7) is 5.46. The molecule has 0 fully saturated rings. The molecule has 1 rings (SSSR count). The van der Waals surface area contributed by atoms with Gasteiger partial charge >= 0.3 is 0 Å². The van der Waals surface area contributed by atoms with Gasteiger partial charge < -0.3 is 10.3 Å². The van der Waals surface area contributed by atoms with E-state index in [1.54, 1.807) is 31.1 Å². The van der Waals surface area contributed by atoms with Crippen molar-refractivity contribution in [2.24, 2.45) is 0 Å². The number of hydrogen-bond donors (Lipinski definition) is 2. The molecule has 1 aromatic heterocycles. The lowest BCUT2D eigenvalue weighted by molar-refractivity contribution is 0.382. The molecular weight excluding hydrogens is 294 g/mol. The van der Waals surface area contributed by atoms with E-state index in [9.17, 15) is 8.42 Å². The average molecular weight is 319 g/mol. The quantitative estimate of drug-likeness (QED) is 0.729. The van der Waals surface area contributed by atoms with E-state index < -0.39 is 10.0 Å². The number of H-pyrrole nitrogens is 1. The van der Waals surface area contributed by atoms with Crippen molar-refractivity contribution >= 4 is 21.8 Å². The highest BCUT2D eigenvalue weighted by Crippen LogP contribution is 2.19. The van der Waals surface area contributed by atoms with Crippen LogP contribution in [0.15, 0.2) is 17.2 Å². The first-order valence-corrected chi connectivity index (χ1v) is 9.61. The highest BCUT2D eigenvalue weighted by Gasteiger charge is 2.26. The minimum Gasteiger partial charge on any atom is -0.363 e. The zero-order valence-corrected chi connectivity index (χ0v) is 14.3. The zero-order valence-electron chi connectivity index (χ0n) is 12.6. The monoisotopic (exact) mass is 319 g/mol. The van der Waals surface area contributed by atoms with Gasteiger partial charge in [0, 0.05) is 31.5 Å². The summed E-state index contributed by atoms with van der Waals surface area (Å²) in [5.41, 5.74) is 0.885. The third-order valence-corrected chi connectivity index (χ3v) is 5.91. The van der Waals surface area contributed by atoms with Crippen molar-refractivity contribution < 1.29 is 8.42 Å². The van der Waals surface area contributed by atoms with Crippen LogP contribution in [0.2, 0.25) is 0 Å². The van der Waals surface area contributed by atoms with Crippen molar-refractivity contribution in [3.8, 4) is 0 Å². The third kappa shape index (κ3) is 4.51. The van der Waals surface area contributed by atoms with Gasteiger partial charge in [0.15, 0.2) is 0 Å². The Labute approximate surface area is 126 Å². The summed E-state index contributed by atoms with van der Waals surface area (Å²) in [5, 5.41) is 3.17.